The fourth-order valence-electron chi connectivity index (χ4n) is 4.93. The molecular weight excluding hydrogens is 468 g/mol. The molecule has 3 aliphatic rings. The monoisotopic (exact) mass is 502 g/mol. The quantitative estimate of drug-likeness (QED) is 0.459. The molecule has 0 N–H and O–H groups in total. The molecule has 0 bridgehead atoms. The van der Waals surface area contributed by atoms with Crippen LogP contribution >= 0.6 is 0 Å². The molecule has 0 spiro atoms. The van der Waals surface area contributed by atoms with Crippen LogP contribution in [0.3, 0.4) is 0 Å². The van der Waals surface area contributed by atoms with Crippen LogP contribution in [0.25, 0.3) is 0 Å². The van der Waals surface area contributed by atoms with Crippen LogP contribution in [0, 0.1) is 0 Å². The standard InChI is InChI=1S/C25H34N4O7/c1-25(2,3)36-23(32)26-10-11-27-19(13-26)15-28(22(27)31)18-12-20(21(30)34-4)29(14-18)24(33)35-16-17-8-6-5-7-9-17/h5-9,18-20H,10-16H2,1-4H3/t18?,19-,20?/m0/s1. The predicted molar refractivity (Wildman–Crippen MR) is 128 cm³/mol. The van der Waals surface area contributed by atoms with Crippen LogP contribution in [0.5, 0.6) is 0 Å². The maximum absolute atomic E-state index is 13.2. The number of methoxy groups -OCH3 is 1. The molecule has 4 amide bonds. The first kappa shape index (κ1) is 25.6. The molecule has 3 saturated heterocycles. The molecule has 0 radical (unpaired) electrons. The lowest BCUT2D eigenvalue weighted by Gasteiger charge is -2.37. The first-order chi connectivity index (χ1) is 17.1. The number of fused-ring (bicyclic) bond motifs is 1. The number of carbonyl (C=O) groups is 4. The highest BCUT2D eigenvalue weighted by Gasteiger charge is 2.50. The fraction of sp³-hybridized carbons (Fsp3) is 0.600. The normalized spacial score (nSPS) is 24.0. The molecule has 3 aliphatic heterocycles. The Kier molecular flexibility index (Phi) is 7.28. The van der Waals surface area contributed by atoms with Crippen LogP contribution in [0.4, 0.5) is 14.4 Å². The Labute approximate surface area is 210 Å². The van der Waals surface area contributed by atoms with Crippen LogP contribution in [-0.4, -0.2) is 107 Å². The molecule has 1 aromatic rings. The third kappa shape index (κ3) is 5.50. The van der Waals surface area contributed by atoms with E-state index in [0.29, 0.717) is 26.2 Å². The zero-order valence-electron chi connectivity index (χ0n) is 21.2. The molecule has 0 saturated carbocycles. The smallest absolute Gasteiger partial charge is 0.410 e. The van der Waals surface area contributed by atoms with Gasteiger partial charge in [0.05, 0.1) is 19.2 Å². The van der Waals surface area contributed by atoms with E-state index in [1.807, 2.05) is 51.1 Å². The Morgan fingerprint density at radius 1 is 0.944 bits per heavy atom. The Bertz CT molecular complexity index is 996. The minimum Gasteiger partial charge on any atom is -0.467 e. The van der Waals surface area contributed by atoms with Crippen molar-refractivity contribution < 1.29 is 33.4 Å². The molecule has 11 nitrogen and oxygen atoms in total. The minimum atomic E-state index is -0.841. The number of esters is 1. The number of hydrogen-bond acceptors (Lipinski definition) is 7. The van der Waals surface area contributed by atoms with Gasteiger partial charge in [-0.1, -0.05) is 30.3 Å². The second-order valence-electron chi connectivity index (χ2n) is 10.3. The number of nitrogens with zero attached hydrogens (tertiary/aromatic N) is 4. The Balaban J connectivity index is 1.41. The van der Waals surface area contributed by atoms with Crippen molar-refractivity contribution in [2.24, 2.45) is 0 Å². The number of ether oxygens (including phenoxy) is 3. The number of piperazine rings is 1. The molecular formula is C25H34N4O7. The van der Waals surface area contributed by atoms with Gasteiger partial charge in [0.1, 0.15) is 18.2 Å². The van der Waals surface area contributed by atoms with Crippen molar-refractivity contribution in [1.82, 2.24) is 19.6 Å². The topological polar surface area (TPSA) is 109 Å². The SMILES string of the molecule is COC(=O)C1CC(N2C[C@@H]3CN(C(=O)OC(C)(C)C)CCN3C2=O)CN1C(=O)OCc1ccccc1. The van der Waals surface area contributed by atoms with Gasteiger partial charge in [0.25, 0.3) is 0 Å². The number of carbonyl (C=O) groups excluding carboxylic acids is 4. The molecule has 1 aromatic carbocycles. The summed E-state index contributed by atoms with van der Waals surface area (Å²) < 4.78 is 15.9. The lowest BCUT2D eigenvalue weighted by Crippen LogP contribution is -2.54. The molecule has 4 rings (SSSR count). The summed E-state index contributed by atoms with van der Waals surface area (Å²) in [4.78, 5) is 57.6. The van der Waals surface area contributed by atoms with E-state index in [0.717, 1.165) is 5.56 Å². The highest BCUT2D eigenvalue weighted by Crippen LogP contribution is 2.30. The highest BCUT2D eigenvalue weighted by atomic mass is 16.6. The lowest BCUT2D eigenvalue weighted by atomic mass is 10.1. The molecule has 196 valence electrons. The summed E-state index contributed by atoms with van der Waals surface area (Å²) in [7, 11) is 1.27. The third-order valence-corrected chi connectivity index (χ3v) is 6.67. The van der Waals surface area contributed by atoms with Crippen molar-refractivity contribution in [3.63, 3.8) is 0 Å². The van der Waals surface area contributed by atoms with E-state index in [-0.39, 0.29) is 37.7 Å². The van der Waals surface area contributed by atoms with Gasteiger partial charge in [0.15, 0.2) is 0 Å². The van der Waals surface area contributed by atoms with E-state index in [9.17, 15) is 19.2 Å². The zero-order valence-corrected chi connectivity index (χ0v) is 21.2. The van der Waals surface area contributed by atoms with Gasteiger partial charge in [-0.25, -0.2) is 19.2 Å². The van der Waals surface area contributed by atoms with E-state index in [2.05, 4.69) is 0 Å². The van der Waals surface area contributed by atoms with Crippen LogP contribution in [0.1, 0.15) is 32.8 Å². The van der Waals surface area contributed by atoms with E-state index in [1.54, 1.807) is 14.7 Å². The summed E-state index contributed by atoms with van der Waals surface area (Å²) in [5.74, 6) is -0.547. The maximum atomic E-state index is 13.2. The summed E-state index contributed by atoms with van der Waals surface area (Å²) in [6, 6.07) is 7.71. The van der Waals surface area contributed by atoms with Gasteiger partial charge in [0, 0.05) is 39.1 Å². The summed E-state index contributed by atoms with van der Waals surface area (Å²) in [5, 5.41) is 0. The Morgan fingerprint density at radius 3 is 2.33 bits per heavy atom. The second kappa shape index (κ2) is 10.2. The number of rotatable bonds is 4. The predicted octanol–water partition coefficient (Wildman–Crippen LogP) is 2.30. The molecule has 3 heterocycles. The van der Waals surface area contributed by atoms with Crippen LogP contribution in [-0.2, 0) is 25.6 Å². The van der Waals surface area contributed by atoms with Crippen molar-refractivity contribution in [2.45, 2.75) is 57.5 Å². The molecule has 0 aliphatic carbocycles. The van der Waals surface area contributed by atoms with Gasteiger partial charge in [-0.2, -0.15) is 0 Å². The second-order valence-corrected chi connectivity index (χ2v) is 10.3. The summed E-state index contributed by atoms with van der Waals surface area (Å²) in [6.07, 6.45) is -0.765. The third-order valence-electron chi connectivity index (χ3n) is 6.67. The summed E-state index contributed by atoms with van der Waals surface area (Å²) in [5.41, 5.74) is 0.231. The number of likely N-dealkylation sites (tertiary alicyclic amines) is 1. The number of urea groups is 1. The first-order valence-electron chi connectivity index (χ1n) is 12.2. The van der Waals surface area contributed by atoms with Crippen molar-refractivity contribution in [3.05, 3.63) is 35.9 Å². The van der Waals surface area contributed by atoms with Gasteiger partial charge in [-0.15, -0.1) is 0 Å². The largest absolute Gasteiger partial charge is 0.467 e. The molecule has 2 unspecified atom stereocenters. The van der Waals surface area contributed by atoms with Crippen LogP contribution in [0.15, 0.2) is 30.3 Å². The molecule has 3 fully saturated rings. The minimum absolute atomic E-state index is 0.0771. The lowest BCUT2D eigenvalue weighted by molar-refractivity contribution is -0.145. The zero-order chi connectivity index (χ0) is 26.0. The maximum Gasteiger partial charge on any atom is 0.410 e. The highest BCUT2D eigenvalue weighted by molar-refractivity contribution is 5.83. The van der Waals surface area contributed by atoms with Crippen molar-refractivity contribution in [3.8, 4) is 0 Å². The molecule has 11 heteroatoms. The Hall–Kier alpha value is -3.50. The average molecular weight is 503 g/mol. The average Bonchev–Trinajstić information content (AvgIpc) is 3.43. The molecule has 0 aromatic heterocycles. The summed E-state index contributed by atoms with van der Waals surface area (Å²) >= 11 is 0. The Morgan fingerprint density at radius 2 is 1.67 bits per heavy atom. The fourth-order valence-corrected chi connectivity index (χ4v) is 4.93. The van der Waals surface area contributed by atoms with Crippen LogP contribution < -0.4 is 0 Å². The summed E-state index contributed by atoms with van der Waals surface area (Å²) in [6.45, 7) is 7.23. The molecule has 36 heavy (non-hydrogen) atoms. The van der Waals surface area contributed by atoms with E-state index >= 15 is 0 Å². The van der Waals surface area contributed by atoms with Gasteiger partial charge in [-0.05, 0) is 26.3 Å². The number of amides is 4. The molecule has 3 atom stereocenters. The van der Waals surface area contributed by atoms with E-state index in [4.69, 9.17) is 14.2 Å². The van der Waals surface area contributed by atoms with Crippen molar-refractivity contribution in [1.29, 1.82) is 0 Å². The number of hydrogen-bond donors (Lipinski definition) is 0. The van der Waals surface area contributed by atoms with Gasteiger partial charge >= 0.3 is 24.2 Å². The van der Waals surface area contributed by atoms with Crippen LogP contribution in [0.2, 0.25) is 0 Å². The first-order valence-corrected chi connectivity index (χ1v) is 12.2. The van der Waals surface area contributed by atoms with Gasteiger partial charge in [0.2, 0.25) is 0 Å². The number of benzene rings is 1. The van der Waals surface area contributed by atoms with Crippen molar-refractivity contribution in [2.75, 3.05) is 39.8 Å². The van der Waals surface area contributed by atoms with Gasteiger partial charge < -0.3 is 28.9 Å². The van der Waals surface area contributed by atoms with E-state index in [1.165, 1.54) is 12.0 Å². The van der Waals surface area contributed by atoms with Crippen molar-refractivity contribution >= 4 is 24.2 Å². The van der Waals surface area contributed by atoms with Gasteiger partial charge in [-0.3, -0.25) is 4.90 Å². The van der Waals surface area contributed by atoms with E-state index < -0.39 is 29.8 Å².